The zero-order chi connectivity index (χ0) is 14.6. The first-order valence-corrected chi connectivity index (χ1v) is 8.36. The standard InChI is InChI=1S/C15H19NO3S/c1-12-5-6-13(4-2-3-9-17)10-15(12)16-20(18,19)11-14-7-8-14/h5-6,10,14,16-17H,3,7-9,11H2,1H3. The number of hydrogen-bond acceptors (Lipinski definition) is 3. The molecule has 4 nitrogen and oxygen atoms in total. The van der Waals surface area contributed by atoms with Crippen LogP contribution in [0.15, 0.2) is 18.2 Å². The zero-order valence-electron chi connectivity index (χ0n) is 11.5. The molecule has 0 radical (unpaired) electrons. The van der Waals surface area contributed by atoms with Crippen molar-refractivity contribution in [3.8, 4) is 11.8 Å². The van der Waals surface area contributed by atoms with Crippen molar-refractivity contribution in [3.63, 3.8) is 0 Å². The van der Waals surface area contributed by atoms with E-state index in [1.807, 2.05) is 19.1 Å². The highest BCUT2D eigenvalue weighted by molar-refractivity contribution is 7.92. The van der Waals surface area contributed by atoms with E-state index in [0.717, 1.165) is 24.0 Å². The van der Waals surface area contributed by atoms with Crippen LogP contribution in [0.5, 0.6) is 0 Å². The van der Waals surface area contributed by atoms with Gasteiger partial charge in [0, 0.05) is 12.0 Å². The number of aliphatic hydroxyl groups excluding tert-OH is 1. The predicted octanol–water partition coefficient (Wildman–Crippen LogP) is 1.88. The van der Waals surface area contributed by atoms with E-state index in [9.17, 15) is 8.42 Å². The molecule has 1 aliphatic rings. The lowest BCUT2D eigenvalue weighted by atomic mass is 10.1. The van der Waals surface area contributed by atoms with Crippen LogP contribution in [0.3, 0.4) is 0 Å². The molecule has 0 spiro atoms. The van der Waals surface area contributed by atoms with Crippen molar-refractivity contribution in [2.75, 3.05) is 17.1 Å². The topological polar surface area (TPSA) is 66.4 Å². The van der Waals surface area contributed by atoms with Gasteiger partial charge in [-0.15, -0.1) is 0 Å². The van der Waals surface area contributed by atoms with Gasteiger partial charge in [-0.1, -0.05) is 17.9 Å². The van der Waals surface area contributed by atoms with Crippen LogP contribution in [0.25, 0.3) is 0 Å². The highest BCUT2D eigenvalue weighted by atomic mass is 32.2. The SMILES string of the molecule is Cc1ccc(C#CCCO)cc1NS(=O)(=O)CC1CC1. The smallest absolute Gasteiger partial charge is 0.233 e. The fourth-order valence-corrected chi connectivity index (χ4v) is 3.43. The molecular formula is C15H19NO3S. The quantitative estimate of drug-likeness (QED) is 0.815. The summed E-state index contributed by atoms with van der Waals surface area (Å²) in [6, 6.07) is 5.43. The Hall–Kier alpha value is -1.51. The molecule has 1 aromatic rings. The molecule has 1 aromatic carbocycles. The third-order valence-electron chi connectivity index (χ3n) is 3.12. The predicted molar refractivity (Wildman–Crippen MR) is 79.9 cm³/mol. The van der Waals surface area contributed by atoms with Crippen LogP contribution < -0.4 is 4.72 Å². The highest BCUT2D eigenvalue weighted by Crippen LogP contribution is 2.31. The second-order valence-corrected chi connectivity index (χ2v) is 6.90. The lowest BCUT2D eigenvalue weighted by molar-refractivity contribution is 0.305. The fourth-order valence-electron chi connectivity index (χ4n) is 1.83. The molecule has 0 aromatic heterocycles. The molecule has 0 saturated heterocycles. The average Bonchev–Trinajstić information content (AvgIpc) is 3.16. The summed E-state index contributed by atoms with van der Waals surface area (Å²) in [6.45, 7) is 1.89. The van der Waals surface area contributed by atoms with Crippen molar-refractivity contribution in [3.05, 3.63) is 29.3 Å². The van der Waals surface area contributed by atoms with Gasteiger partial charge in [0.2, 0.25) is 10.0 Å². The normalized spacial score (nSPS) is 14.5. The summed E-state index contributed by atoms with van der Waals surface area (Å²) in [5.74, 6) is 6.25. The maximum atomic E-state index is 12.0. The van der Waals surface area contributed by atoms with Crippen molar-refractivity contribution in [2.45, 2.75) is 26.2 Å². The van der Waals surface area contributed by atoms with E-state index < -0.39 is 10.0 Å². The molecule has 0 amide bonds. The Morgan fingerprint density at radius 3 is 2.80 bits per heavy atom. The van der Waals surface area contributed by atoms with Gasteiger partial charge in [-0.05, 0) is 43.4 Å². The van der Waals surface area contributed by atoms with Gasteiger partial charge < -0.3 is 5.11 Å². The second-order valence-electron chi connectivity index (χ2n) is 5.13. The molecule has 0 aliphatic heterocycles. The van der Waals surface area contributed by atoms with Crippen molar-refractivity contribution < 1.29 is 13.5 Å². The van der Waals surface area contributed by atoms with E-state index in [0.29, 0.717) is 18.0 Å². The van der Waals surface area contributed by atoms with E-state index in [1.165, 1.54) is 0 Å². The summed E-state index contributed by atoms with van der Waals surface area (Å²) in [5.41, 5.74) is 2.20. The van der Waals surface area contributed by atoms with Gasteiger partial charge in [-0.25, -0.2) is 8.42 Å². The minimum atomic E-state index is -3.27. The third-order valence-corrected chi connectivity index (χ3v) is 4.57. The molecule has 0 bridgehead atoms. The van der Waals surface area contributed by atoms with Gasteiger partial charge in [0.25, 0.3) is 0 Å². The highest BCUT2D eigenvalue weighted by Gasteiger charge is 2.28. The van der Waals surface area contributed by atoms with E-state index in [2.05, 4.69) is 16.6 Å². The number of rotatable bonds is 5. The number of aliphatic hydroxyl groups is 1. The fraction of sp³-hybridized carbons (Fsp3) is 0.467. The number of nitrogens with one attached hydrogen (secondary N) is 1. The van der Waals surface area contributed by atoms with Crippen LogP contribution in [0, 0.1) is 24.7 Å². The second kappa shape index (κ2) is 6.29. The molecule has 108 valence electrons. The molecule has 1 saturated carbocycles. The number of sulfonamides is 1. The Bertz CT molecular complexity index is 637. The van der Waals surface area contributed by atoms with Gasteiger partial charge in [-0.2, -0.15) is 0 Å². The van der Waals surface area contributed by atoms with Crippen LogP contribution in [0.4, 0.5) is 5.69 Å². The van der Waals surface area contributed by atoms with Crippen LogP contribution in [0.1, 0.15) is 30.4 Å². The molecule has 5 heteroatoms. The van der Waals surface area contributed by atoms with Crippen LogP contribution in [0.2, 0.25) is 0 Å². The van der Waals surface area contributed by atoms with Crippen molar-refractivity contribution in [1.82, 2.24) is 0 Å². The summed E-state index contributed by atoms with van der Waals surface area (Å²) < 4.78 is 26.6. The van der Waals surface area contributed by atoms with Crippen LogP contribution in [-0.2, 0) is 10.0 Å². The molecule has 1 aliphatic carbocycles. The van der Waals surface area contributed by atoms with Gasteiger partial charge in [-0.3, -0.25) is 4.72 Å². The Morgan fingerprint density at radius 2 is 2.15 bits per heavy atom. The summed E-state index contributed by atoms with van der Waals surface area (Å²) in [7, 11) is -3.27. The summed E-state index contributed by atoms with van der Waals surface area (Å²) in [6.07, 6.45) is 2.43. The van der Waals surface area contributed by atoms with Gasteiger partial charge in [0.05, 0.1) is 18.0 Å². The Morgan fingerprint density at radius 1 is 1.40 bits per heavy atom. The summed E-state index contributed by atoms with van der Waals surface area (Å²) in [4.78, 5) is 0. The van der Waals surface area contributed by atoms with Crippen LogP contribution in [-0.4, -0.2) is 25.9 Å². The molecule has 0 heterocycles. The Balaban J connectivity index is 2.14. The minimum Gasteiger partial charge on any atom is -0.395 e. The lowest BCUT2D eigenvalue weighted by Gasteiger charge is -2.10. The maximum absolute atomic E-state index is 12.0. The van der Waals surface area contributed by atoms with E-state index in [-0.39, 0.29) is 12.4 Å². The first-order valence-electron chi connectivity index (χ1n) is 6.71. The molecule has 20 heavy (non-hydrogen) atoms. The van der Waals surface area contributed by atoms with Crippen molar-refractivity contribution in [2.24, 2.45) is 5.92 Å². The summed E-state index contributed by atoms with van der Waals surface area (Å²) in [5, 5.41) is 8.69. The minimum absolute atomic E-state index is 0.0275. The molecular weight excluding hydrogens is 274 g/mol. The van der Waals surface area contributed by atoms with E-state index >= 15 is 0 Å². The lowest BCUT2D eigenvalue weighted by Crippen LogP contribution is -2.18. The number of anilines is 1. The van der Waals surface area contributed by atoms with Crippen LogP contribution >= 0.6 is 0 Å². The van der Waals surface area contributed by atoms with Crippen molar-refractivity contribution >= 4 is 15.7 Å². The average molecular weight is 293 g/mol. The number of hydrogen-bond donors (Lipinski definition) is 2. The Kier molecular flexibility index (Phi) is 4.69. The summed E-state index contributed by atoms with van der Waals surface area (Å²) >= 11 is 0. The van der Waals surface area contributed by atoms with E-state index in [4.69, 9.17) is 5.11 Å². The zero-order valence-corrected chi connectivity index (χ0v) is 12.3. The maximum Gasteiger partial charge on any atom is 0.233 e. The molecule has 1 fully saturated rings. The Labute approximate surface area is 120 Å². The van der Waals surface area contributed by atoms with Gasteiger partial charge in [0.15, 0.2) is 0 Å². The molecule has 2 rings (SSSR count). The largest absolute Gasteiger partial charge is 0.395 e. The van der Waals surface area contributed by atoms with Crippen molar-refractivity contribution in [1.29, 1.82) is 0 Å². The first-order chi connectivity index (χ1) is 9.50. The van der Waals surface area contributed by atoms with Gasteiger partial charge >= 0.3 is 0 Å². The van der Waals surface area contributed by atoms with Gasteiger partial charge in [0.1, 0.15) is 0 Å². The molecule has 0 unspecified atom stereocenters. The monoisotopic (exact) mass is 293 g/mol. The van der Waals surface area contributed by atoms with E-state index in [1.54, 1.807) is 6.07 Å². The molecule has 0 atom stereocenters. The first kappa shape index (κ1) is 14.9. The third kappa shape index (κ3) is 4.55. The number of benzene rings is 1. The molecule has 2 N–H and O–H groups in total. The number of aryl methyl sites for hydroxylation is 1.